The highest BCUT2D eigenvalue weighted by atomic mass is 16.6. The third-order valence-corrected chi connectivity index (χ3v) is 2.49. The molecule has 0 aromatic heterocycles. The van der Waals surface area contributed by atoms with Gasteiger partial charge >= 0.3 is 5.97 Å². The van der Waals surface area contributed by atoms with E-state index in [0.717, 1.165) is 24.4 Å². The molecule has 1 N–H and O–H groups in total. The lowest BCUT2D eigenvalue weighted by Gasteiger charge is -2.12. The fraction of sp³-hybridized carbons (Fsp3) is 0.533. The predicted octanol–water partition coefficient (Wildman–Crippen LogP) is 2.37. The van der Waals surface area contributed by atoms with Crippen molar-refractivity contribution in [3.63, 3.8) is 0 Å². The molecule has 1 rings (SSSR count). The van der Waals surface area contributed by atoms with Crippen LogP contribution in [0.25, 0.3) is 0 Å². The standard InChI is InChI=1S/C15H23NO3/c1-4-18-15(17)11-19-14-8-6-5-7-13(14)10-16-9-12(2)3/h5-8,12,16H,4,9-11H2,1-3H3. The molecule has 0 fully saturated rings. The molecule has 0 radical (unpaired) electrons. The van der Waals surface area contributed by atoms with E-state index in [-0.39, 0.29) is 12.6 Å². The Morgan fingerprint density at radius 3 is 2.74 bits per heavy atom. The van der Waals surface area contributed by atoms with Crippen molar-refractivity contribution in [1.82, 2.24) is 5.32 Å². The van der Waals surface area contributed by atoms with E-state index in [0.29, 0.717) is 12.5 Å². The first-order chi connectivity index (χ1) is 9.13. The topological polar surface area (TPSA) is 47.6 Å². The largest absolute Gasteiger partial charge is 0.482 e. The van der Waals surface area contributed by atoms with Gasteiger partial charge in [0, 0.05) is 12.1 Å². The first kappa shape index (κ1) is 15.5. The minimum absolute atomic E-state index is 0.0466. The number of hydrogen-bond acceptors (Lipinski definition) is 4. The summed E-state index contributed by atoms with van der Waals surface area (Å²) in [6, 6.07) is 7.72. The molecule has 4 nitrogen and oxygen atoms in total. The zero-order chi connectivity index (χ0) is 14.1. The highest BCUT2D eigenvalue weighted by molar-refractivity contribution is 5.71. The number of para-hydroxylation sites is 1. The predicted molar refractivity (Wildman–Crippen MR) is 75.1 cm³/mol. The molecule has 0 saturated carbocycles. The maximum atomic E-state index is 11.3. The molecule has 0 spiro atoms. The third-order valence-electron chi connectivity index (χ3n) is 2.49. The lowest BCUT2D eigenvalue weighted by Crippen LogP contribution is -2.20. The molecule has 0 amide bonds. The zero-order valence-corrected chi connectivity index (χ0v) is 11.9. The number of carbonyl (C=O) groups is 1. The second-order valence-electron chi connectivity index (χ2n) is 4.73. The molecule has 0 saturated heterocycles. The number of ether oxygens (including phenoxy) is 2. The number of rotatable bonds is 8. The summed E-state index contributed by atoms with van der Waals surface area (Å²) in [4.78, 5) is 11.3. The van der Waals surface area contributed by atoms with E-state index in [1.165, 1.54) is 0 Å². The lowest BCUT2D eigenvalue weighted by atomic mass is 10.2. The first-order valence-electron chi connectivity index (χ1n) is 6.70. The van der Waals surface area contributed by atoms with Gasteiger partial charge in [0.05, 0.1) is 6.61 Å². The van der Waals surface area contributed by atoms with Crippen LogP contribution in [-0.2, 0) is 16.1 Å². The molecule has 0 unspecified atom stereocenters. The van der Waals surface area contributed by atoms with Crippen LogP contribution in [0.2, 0.25) is 0 Å². The molecular formula is C15H23NO3. The van der Waals surface area contributed by atoms with Crippen LogP contribution in [0.4, 0.5) is 0 Å². The number of hydrogen-bond donors (Lipinski definition) is 1. The quantitative estimate of drug-likeness (QED) is 0.733. The van der Waals surface area contributed by atoms with Crippen molar-refractivity contribution in [2.75, 3.05) is 19.8 Å². The zero-order valence-electron chi connectivity index (χ0n) is 11.9. The summed E-state index contributed by atoms with van der Waals surface area (Å²) in [7, 11) is 0. The highest BCUT2D eigenvalue weighted by Gasteiger charge is 2.07. The van der Waals surface area contributed by atoms with Crippen LogP contribution in [0.5, 0.6) is 5.75 Å². The van der Waals surface area contributed by atoms with E-state index in [1.54, 1.807) is 6.92 Å². The van der Waals surface area contributed by atoms with Crippen LogP contribution in [0.15, 0.2) is 24.3 Å². The molecule has 1 aromatic carbocycles. The third kappa shape index (κ3) is 6.25. The Morgan fingerprint density at radius 1 is 1.32 bits per heavy atom. The van der Waals surface area contributed by atoms with Crippen LogP contribution in [0.3, 0.4) is 0 Å². The second-order valence-corrected chi connectivity index (χ2v) is 4.73. The Bertz CT molecular complexity index is 391. The monoisotopic (exact) mass is 265 g/mol. The van der Waals surface area contributed by atoms with E-state index >= 15 is 0 Å². The van der Waals surface area contributed by atoms with Gasteiger partial charge in [0.1, 0.15) is 5.75 Å². The first-order valence-corrected chi connectivity index (χ1v) is 6.70. The van der Waals surface area contributed by atoms with Crippen molar-refractivity contribution in [3.05, 3.63) is 29.8 Å². The number of nitrogens with one attached hydrogen (secondary N) is 1. The van der Waals surface area contributed by atoms with Gasteiger partial charge in [0.25, 0.3) is 0 Å². The summed E-state index contributed by atoms with van der Waals surface area (Å²) in [5.41, 5.74) is 1.05. The van der Waals surface area contributed by atoms with Crippen LogP contribution in [0, 0.1) is 5.92 Å². The average molecular weight is 265 g/mol. The summed E-state index contributed by atoms with van der Waals surface area (Å²) in [5.74, 6) is 0.992. The maximum absolute atomic E-state index is 11.3. The summed E-state index contributed by atoms with van der Waals surface area (Å²) in [5, 5.41) is 3.36. The second kappa shape index (κ2) is 8.53. The van der Waals surface area contributed by atoms with Gasteiger partial charge in [0.2, 0.25) is 0 Å². The van der Waals surface area contributed by atoms with Crippen LogP contribution in [-0.4, -0.2) is 25.7 Å². The molecule has 1 aromatic rings. The number of benzene rings is 1. The van der Waals surface area contributed by atoms with E-state index in [4.69, 9.17) is 9.47 Å². The highest BCUT2D eigenvalue weighted by Crippen LogP contribution is 2.17. The van der Waals surface area contributed by atoms with Gasteiger partial charge in [-0.05, 0) is 25.5 Å². The summed E-state index contributed by atoms with van der Waals surface area (Å²) < 4.78 is 10.3. The number of carbonyl (C=O) groups excluding carboxylic acids is 1. The van der Waals surface area contributed by atoms with Crippen molar-refractivity contribution in [2.24, 2.45) is 5.92 Å². The molecule has 0 aliphatic rings. The van der Waals surface area contributed by atoms with Gasteiger partial charge in [-0.3, -0.25) is 0 Å². The molecule has 0 heterocycles. The molecule has 0 atom stereocenters. The summed E-state index contributed by atoms with van der Waals surface area (Å²) in [6.45, 7) is 8.12. The van der Waals surface area contributed by atoms with Crippen molar-refractivity contribution in [3.8, 4) is 5.75 Å². The molecule has 0 aliphatic carbocycles. The van der Waals surface area contributed by atoms with Gasteiger partial charge in [-0.25, -0.2) is 4.79 Å². The van der Waals surface area contributed by atoms with E-state index in [1.807, 2.05) is 24.3 Å². The van der Waals surface area contributed by atoms with Crippen molar-refractivity contribution >= 4 is 5.97 Å². The lowest BCUT2D eigenvalue weighted by molar-refractivity contribution is -0.145. The molecular weight excluding hydrogens is 242 g/mol. The average Bonchev–Trinajstić information content (AvgIpc) is 2.37. The SMILES string of the molecule is CCOC(=O)COc1ccccc1CNCC(C)C. The van der Waals surface area contributed by atoms with Crippen molar-refractivity contribution in [1.29, 1.82) is 0 Å². The van der Waals surface area contributed by atoms with E-state index in [9.17, 15) is 4.79 Å². The molecule has 0 aliphatic heterocycles. The Kier molecular flexibility index (Phi) is 6.97. The Balaban J connectivity index is 2.50. The normalized spacial score (nSPS) is 10.5. The van der Waals surface area contributed by atoms with Crippen LogP contribution in [0.1, 0.15) is 26.3 Å². The van der Waals surface area contributed by atoms with Gasteiger partial charge in [-0.1, -0.05) is 32.0 Å². The van der Waals surface area contributed by atoms with Crippen LogP contribution >= 0.6 is 0 Å². The molecule has 106 valence electrons. The number of esters is 1. The Labute approximate surface area is 115 Å². The Hall–Kier alpha value is -1.55. The van der Waals surface area contributed by atoms with Gasteiger partial charge in [0.15, 0.2) is 6.61 Å². The summed E-state index contributed by atoms with van der Waals surface area (Å²) >= 11 is 0. The Morgan fingerprint density at radius 2 is 2.05 bits per heavy atom. The molecule has 0 bridgehead atoms. The minimum atomic E-state index is -0.340. The maximum Gasteiger partial charge on any atom is 0.344 e. The van der Waals surface area contributed by atoms with Crippen LogP contribution < -0.4 is 10.1 Å². The van der Waals surface area contributed by atoms with Gasteiger partial charge in [-0.2, -0.15) is 0 Å². The van der Waals surface area contributed by atoms with Crippen molar-refractivity contribution < 1.29 is 14.3 Å². The fourth-order valence-corrected chi connectivity index (χ4v) is 1.63. The van der Waals surface area contributed by atoms with E-state index in [2.05, 4.69) is 19.2 Å². The summed E-state index contributed by atoms with van der Waals surface area (Å²) in [6.07, 6.45) is 0. The molecule has 19 heavy (non-hydrogen) atoms. The minimum Gasteiger partial charge on any atom is -0.482 e. The smallest absolute Gasteiger partial charge is 0.344 e. The van der Waals surface area contributed by atoms with Gasteiger partial charge in [-0.15, -0.1) is 0 Å². The fourth-order valence-electron chi connectivity index (χ4n) is 1.63. The molecule has 4 heteroatoms. The van der Waals surface area contributed by atoms with Crippen molar-refractivity contribution in [2.45, 2.75) is 27.3 Å². The van der Waals surface area contributed by atoms with E-state index < -0.39 is 0 Å². The van der Waals surface area contributed by atoms with Gasteiger partial charge < -0.3 is 14.8 Å².